The maximum atomic E-state index is 9.19. The van der Waals surface area contributed by atoms with Crippen LogP contribution in [0.4, 0.5) is 17.5 Å². The fourth-order valence-electron chi connectivity index (χ4n) is 3.25. The molecule has 7 heteroatoms. The van der Waals surface area contributed by atoms with E-state index in [-0.39, 0.29) is 0 Å². The monoisotopic (exact) mass is 370 g/mol. The second-order valence-electron chi connectivity index (χ2n) is 6.77. The van der Waals surface area contributed by atoms with E-state index in [0.29, 0.717) is 16.6 Å². The lowest BCUT2D eigenvalue weighted by Crippen LogP contribution is -2.47. The highest BCUT2D eigenvalue weighted by Crippen LogP contribution is 2.27. The van der Waals surface area contributed by atoms with E-state index in [1.807, 2.05) is 44.2 Å². The first-order chi connectivity index (χ1) is 12.5. The third-order valence-electron chi connectivity index (χ3n) is 4.72. The molecular formula is C19H23ClN6. The second kappa shape index (κ2) is 7.79. The highest BCUT2D eigenvalue weighted by atomic mass is 35.5. The summed E-state index contributed by atoms with van der Waals surface area (Å²) in [7, 11) is 5.99. The average molecular weight is 371 g/mol. The highest BCUT2D eigenvalue weighted by Gasteiger charge is 2.25. The summed E-state index contributed by atoms with van der Waals surface area (Å²) in [5, 5.41) is 9.78. The van der Waals surface area contributed by atoms with Crippen molar-refractivity contribution in [2.75, 3.05) is 48.9 Å². The average Bonchev–Trinajstić information content (AvgIpc) is 2.67. The first-order valence-electron chi connectivity index (χ1n) is 8.67. The molecule has 3 rings (SSSR count). The quantitative estimate of drug-likeness (QED) is 0.823. The predicted molar refractivity (Wildman–Crippen MR) is 106 cm³/mol. The number of rotatable bonds is 4. The predicted octanol–water partition coefficient (Wildman–Crippen LogP) is 3.17. The first-order valence-corrected chi connectivity index (χ1v) is 9.04. The Morgan fingerprint density at radius 2 is 2.08 bits per heavy atom. The van der Waals surface area contributed by atoms with Crippen LogP contribution in [0.2, 0.25) is 5.02 Å². The molecule has 0 spiro atoms. The Kier molecular flexibility index (Phi) is 5.48. The molecule has 26 heavy (non-hydrogen) atoms. The number of nitriles is 1. The molecule has 136 valence electrons. The van der Waals surface area contributed by atoms with Crippen molar-refractivity contribution >= 4 is 29.1 Å². The summed E-state index contributed by atoms with van der Waals surface area (Å²) >= 11 is 6.18. The standard InChI is InChI=1S/C19H23ClN6/c1-24(2)18-6-7-22-19(23-18)25(3)16-5-4-8-26(13-16)17-10-14(12-21)9-15(20)11-17/h6-7,9-11,16H,4-5,8,13H2,1-3H3. The summed E-state index contributed by atoms with van der Waals surface area (Å²) in [6.07, 6.45) is 3.94. The summed E-state index contributed by atoms with van der Waals surface area (Å²) in [6, 6.07) is 9.90. The molecule has 0 saturated carbocycles. The lowest BCUT2D eigenvalue weighted by atomic mass is 10.0. The Hall–Kier alpha value is -2.52. The van der Waals surface area contributed by atoms with Gasteiger partial charge in [0.1, 0.15) is 5.82 Å². The van der Waals surface area contributed by atoms with Crippen molar-refractivity contribution < 1.29 is 0 Å². The van der Waals surface area contributed by atoms with Crippen molar-refractivity contribution in [3.05, 3.63) is 41.0 Å². The molecule has 1 saturated heterocycles. The molecular weight excluding hydrogens is 348 g/mol. The van der Waals surface area contributed by atoms with Gasteiger partial charge in [-0.2, -0.15) is 10.2 Å². The number of nitrogens with zero attached hydrogens (tertiary/aromatic N) is 6. The number of aromatic nitrogens is 2. The van der Waals surface area contributed by atoms with E-state index in [1.54, 1.807) is 12.3 Å². The fourth-order valence-corrected chi connectivity index (χ4v) is 3.48. The zero-order chi connectivity index (χ0) is 18.7. The minimum Gasteiger partial charge on any atom is -0.369 e. The lowest BCUT2D eigenvalue weighted by molar-refractivity contribution is 0.483. The van der Waals surface area contributed by atoms with Crippen LogP contribution < -0.4 is 14.7 Å². The van der Waals surface area contributed by atoms with Gasteiger partial charge in [0, 0.05) is 57.2 Å². The van der Waals surface area contributed by atoms with E-state index in [9.17, 15) is 5.26 Å². The molecule has 1 aliphatic heterocycles. The summed E-state index contributed by atoms with van der Waals surface area (Å²) in [4.78, 5) is 15.5. The summed E-state index contributed by atoms with van der Waals surface area (Å²) in [5.74, 6) is 1.62. The smallest absolute Gasteiger partial charge is 0.227 e. The van der Waals surface area contributed by atoms with Gasteiger partial charge in [-0.1, -0.05) is 11.6 Å². The number of hydrogen-bond acceptors (Lipinski definition) is 6. The van der Waals surface area contributed by atoms with Crippen molar-refractivity contribution in [1.29, 1.82) is 5.26 Å². The maximum absolute atomic E-state index is 9.19. The van der Waals surface area contributed by atoms with E-state index in [4.69, 9.17) is 11.6 Å². The van der Waals surface area contributed by atoms with Crippen molar-refractivity contribution in [1.82, 2.24) is 9.97 Å². The Balaban J connectivity index is 1.79. The molecule has 1 aromatic heterocycles. The topological polar surface area (TPSA) is 59.3 Å². The molecule has 1 atom stereocenters. The van der Waals surface area contributed by atoms with Gasteiger partial charge in [0.25, 0.3) is 0 Å². The number of likely N-dealkylation sites (N-methyl/N-ethyl adjacent to an activating group) is 1. The maximum Gasteiger partial charge on any atom is 0.227 e. The Morgan fingerprint density at radius 1 is 1.27 bits per heavy atom. The zero-order valence-electron chi connectivity index (χ0n) is 15.4. The first kappa shape index (κ1) is 18.3. The van der Waals surface area contributed by atoms with Crippen LogP contribution in [-0.4, -0.2) is 50.2 Å². The molecule has 6 nitrogen and oxygen atoms in total. The van der Waals surface area contributed by atoms with Crippen LogP contribution in [0.15, 0.2) is 30.5 Å². The number of benzene rings is 1. The SMILES string of the molecule is CN(C)c1ccnc(N(C)C2CCCN(c3cc(Cl)cc(C#N)c3)C2)n1. The van der Waals surface area contributed by atoms with Gasteiger partial charge in [0.2, 0.25) is 5.95 Å². The third-order valence-corrected chi connectivity index (χ3v) is 4.94. The molecule has 2 aromatic rings. The van der Waals surface area contributed by atoms with Crippen molar-refractivity contribution in [3.63, 3.8) is 0 Å². The molecule has 1 aromatic carbocycles. The van der Waals surface area contributed by atoms with E-state index in [2.05, 4.69) is 25.8 Å². The molecule has 2 heterocycles. The minimum atomic E-state index is 0.297. The molecule has 0 amide bonds. The summed E-state index contributed by atoms with van der Waals surface area (Å²) < 4.78 is 0. The third kappa shape index (κ3) is 4.00. The molecule has 1 unspecified atom stereocenters. The number of hydrogen-bond donors (Lipinski definition) is 0. The molecule has 1 fully saturated rings. The molecule has 0 bridgehead atoms. The van der Waals surface area contributed by atoms with E-state index >= 15 is 0 Å². The fraction of sp³-hybridized carbons (Fsp3) is 0.421. The Bertz CT molecular complexity index is 816. The van der Waals surface area contributed by atoms with Gasteiger partial charge in [-0.25, -0.2) is 4.98 Å². The van der Waals surface area contributed by atoms with E-state index in [0.717, 1.165) is 43.4 Å². The summed E-state index contributed by atoms with van der Waals surface area (Å²) in [6.45, 7) is 1.80. The summed E-state index contributed by atoms with van der Waals surface area (Å²) in [5.41, 5.74) is 1.58. The van der Waals surface area contributed by atoms with Gasteiger partial charge in [-0.3, -0.25) is 0 Å². The number of piperidine rings is 1. The zero-order valence-corrected chi connectivity index (χ0v) is 16.1. The van der Waals surface area contributed by atoms with Crippen molar-refractivity contribution in [3.8, 4) is 6.07 Å². The van der Waals surface area contributed by atoms with Crippen LogP contribution in [-0.2, 0) is 0 Å². The lowest BCUT2D eigenvalue weighted by Gasteiger charge is -2.39. The van der Waals surface area contributed by atoms with Crippen LogP contribution in [0.1, 0.15) is 18.4 Å². The number of halogens is 1. The Morgan fingerprint density at radius 3 is 2.81 bits per heavy atom. The van der Waals surface area contributed by atoms with Crippen LogP contribution in [0.25, 0.3) is 0 Å². The van der Waals surface area contributed by atoms with E-state index in [1.165, 1.54) is 0 Å². The molecule has 0 aliphatic carbocycles. The number of anilines is 3. The normalized spacial score (nSPS) is 16.9. The molecule has 1 aliphatic rings. The highest BCUT2D eigenvalue weighted by molar-refractivity contribution is 6.31. The van der Waals surface area contributed by atoms with Crippen molar-refractivity contribution in [2.45, 2.75) is 18.9 Å². The Labute approximate surface area is 159 Å². The van der Waals surface area contributed by atoms with Gasteiger partial charge in [-0.05, 0) is 37.1 Å². The van der Waals surface area contributed by atoms with Gasteiger partial charge < -0.3 is 14.7 Å². The van der Waals surface area contributed by atoms with Gasteiger partial charge in [-0.15, -0.1) is 0 Å². The largest absolute Gasteiger partial charge is 0.369 e. The van der Waals surface area contributed by atoms with Crippen LogP contribution in [0.5, 0.6) is 0 Å². The molecule has 0 N–H and O–H groups in total. The molecule has 0 radical (unpaired) electrons. The van der Waals surface area contributed by atoms with Gasteiger partial charge in [0.05, 0.1) is 11.6 Å². The van der Waals surface area contributed by atoms with Crippen LogP contribution >= 0.6 is 11.6 Å². The van der Waals surface area contributed by atoms with Crippen LogP contribution in [0, 0.1) is 11.3 Å². The van der Waals surface area contributed by atoms with Crippen LogP contribution in [0.3, 0.4) is 0 Å². The van der Waals surface area contributed by atoms with E-state index < -0.39 is 0 Å². The minimum absolute atomic E-state index is 0.297. The second-order valence-corrected chi connectivity index (χ2v) is 7.21. The van der Waals surface area contributed by atoms with Crippen molar-refractivity contribution in [2.24, 2.45) is 0 Å². The van der Waals surface area contributed by atoms with Gasteiger partial charge >= 0.3 is 0 Å². The van der Waals surface area contributed by atoms with Gasteiger partial charge in [0.15, 0.2) is 0 Å².